The number of nitro groups is 1. The van der Waals surface area contributed by atoms with Gasteiger partial charge in [0.05, 0.1) is 11.4 Å². The summed E-state index contributed by atoms with van der Waals surface area (Å²) in [6.45, 7) is -0.186. The second kappa shape index (κ2) is 3.75. The van der Waals surface area contributed by atoms with E-state index in [2.05, 4.69) is 5.32 Å². The third kappa shape index (κ3) is 2.33. The quantitative estimate of drug-likeness (QED) is 0.415. The molecule has 0 fully saturated rings. The molecule has 70 valence electrons. The lowest BCUT2D eigenvalue weighted by molar-refractivity contribution is -0.496. The van der Waals surface area contributed by atoms with Crippen LogP contribution in [0.2, 0.25) is 0 Å². The van der Waals surface area contributed by atoms with Gasteiger partial charge in [0.25, 0.3) is 0 Å². The normalized spacial score (nSPS) is 9.62. The van der Waals surface area contributed by atoms with Gasteiger partial charge in [0.1, 0.15) is 0 Å². The molecule has 0 aliphatic heterocycles. The summed E-state index contributed by atoms with van der Waals surface area (Å²) < 4.78 is 0. The summed E-state index contributed by atoms with van der Waals surface area (Å²) in [6.07, 6.45) is 0. The summed E-state index contributed by atoms with van der Waals surface area (Å²) in [6, 6.07) is 5.02. The molecule has 0 saturated carbocycles. The zero-order valence-electron chi connectivity index (χ0n) is 7.28. The monoisotopic (exact) mass is 181 g/mol. The van der Waals surface area contributed by atoms with Gasteiger partial charge in [0.15, 0.2) is 0 Å². The Bertz CT molecular complexity index is 325. The molecule has 1 rings (SSSR count). The molecule has 0 aliphatic rings. The molecule has 0 saturated heterocycles. The fraction of sp³-hybridized carbons (Fsp3) is 0.250. The van der Waals surface area contributed by atoms with E-state index in [0.29, 0.717) is 11.3 Å². The lowest BCUT2D eigenvalue weighted by atomic mass is 10.2. The molecule has 1 aromatic rings. The Morgan fingerprint density at radius 3 is 2.77 bits per heavy atom. The Morgan fingerprint density at radius 2 is 2.31 bits per heavy atom. The fourth-order valence-electron chi connectivity index (χ4n) is 1.09. The predicted molar refractivity (Wildman–Crippen MR) is 51.1 cm³/mol. The Hall–Kier alpha value is -1.78. The maximum absolute atomic E-state index is 10.2. The summed E-state index contributed by atoms with van der Waals surface area (Å²) in [5.74, 6) is 0. The van der Waals surface area contributed by atoms with Crippen molar-refractivity contribution in [1.82, 2.24) is 0 Å². The van der Waals surface area contributed by atoms with E-state index in [1.54, 1.807) is 25.2 Å². The first-order valence-corrected chi connectivity index (χ1v) is 3.81. The van der Waals surface area contributed by atoms with Gasteiger partial charge < -0.3 is 11.1 Å². The first kappa shape index (κ1) is 9.31. The van der Waals surface area contributed by atoms with E-state index in [1.807, 2.05) is 0 Å². The molecule has 0 aliphatic carbocycles. The molecule has 3 N–H and O–H groups in total. The number of hydrogen-bond acceptors (Lipinski definition) is 4. The fourth-order valence-corrected chi connectivity index (χ4v) is 1.09. The van der Waals surface area contributed by atoms with Crippen molar-refractivity contribution in [1.29, 1.82) is 0 Å². The smallest absolute Gasteiger partial charge is 0.229 e. The number of nitrogen functional groups attached to an aromatic ring is 1. The van der Waals surface area contributed by atoms with Gasteiger partial charge in [-0.2, -0.15) is 0 Å². The van der Waals surface area contributed by atoms with Crippen molar-refractivity contribution >= 4 is 11.4 Å². The minimum Gasteiger partial charge on any atom is -0.397 e. The predicted octanol–water partition coefficient (Wildman–Crippen LogP) is 1.09. The molecule has 0 spiro atoms. The number of rotatable bonds is 3. The van der Waals surface area contributed by atoms with Gasteiger partial charge >= 0.3 is 0 Å². The highest BCUT2D eigenvalue weighted by Gasteiger charge is 2.03. The van der Waals surface area contributed by atoms with Crippen LogP contribution in [0.4, 0.5) is 11.4 Å². The average Bonchev–Trinajstić information content (AvgIpc) is 2.03. The van der Waals surface area contributed by atoms with Crippen molar-refractivity contribution in [2.75, 3.05) is 18.1 Å². The van der Waals surface area contributed by atoms with Crippen molar-refractivity contribution in [3.63, 3.8) is 0 Å². The Balaban J connectivity index is 2.89. The molecule has 5 heteroatoms. The van der Waals surface area contributed by atoms with Crippen molar-refractivity contribution in [2.24, 2.45) is 0 Å². The molecular formula is C8H11N3O2. The molecule has 0 aromatic heterocycles. The summed E-state index contributed by atoms with van der Waals surface area (Å²) in [5, 5.41) is 13.1. The van der Waals surface area contributed by atoms with E-state index >= 15 is 0 Å². The number of benzene rings is 1. The average molecular weight is 181 g/mol. The zero-order valence-corrected chi connectivity index (χ0v) is 7.28. The van der Waals surface area contributed by atoms with Crippen molar-refractivity contribution in [2.45, 2.75) is 6.54 Å². The molecule has 0 bridgehead atoms. The minimum absolute atomic E-state index is 0.186. The van der Waals surface area contributed by atoms with E-state index in [-0.39, 0.29) is 11.5 Å². The molecule has 0 amide bonds. The summed E-state index contributed by atoms with van der Waals surface area (Å²) in [7, 11) is 1.75. The van der Waals surface area contributed by atoms with Crippen molar-refractivity contribution in [3.05, 3.63) is 33.9 Å². The van der Waals surface area contributed by atoms with Crippen LogP contribution in [-0.4, -0.2) is 12.0 Å². The van der Waals surface area contributed by atoms with Crippen molar-refractivity contribution in [3.8, 4) is 0 Å². The first-order valence-electron chi connectivity index (χ1n) is 3.81. The number of anilines is 2. The van der Waals surface area contributed by atoms with Crippen molar-refractivity contribution < 1.29 is 4.92 Å². The lowest BCUT2D eigenvalue weighted by Gasteiger charge is -2.04. The summed E-state index contributed by atoms with van der Waals surface area (Å²) in [4.78, 5) is 9.80. The summed E-state index contributed by atoms with van der Waals surface area (Å²) >= 11 is 0. The molecule has 5 nitrogen and oxygen atoms in total. The van der Waals surface area contributed by atoms with Gasteiger partial charge in [0.2, 0.25) is 6.54 Å². The van der Waals surface area contributed by atoms with E-state index in [9.17, 15) is 10.1 Å². The minimum atomic E-state index is -0.381. The maximum atomic E-state index is 10.2. The molecule has 0 unspecified atom stereocenters. The Morgan fingerprint density at radius 1 is 1.62 bits per heavy atom. The number of nitrogens with one attached hydrogen (secondary N) is 1. The van der Waals surface area contributed by atoms with Crippen LogP contribution in [-0.2, 0) is 6.54 Å². The first-order chi connectivity index (χ1) is 6.13. The standard InChI is InChI=1S/C8H11N3O2/c1-10-8-3-2-6(4-7(8)9)5-11(12)13/h2-4,10H,5,9H2,1H3. The Labute approximate surface area is 75.7 Å². The van der Waals surface area contributed by atoms with Gasteiger partial charge in [-0.05, 0) is 12.1 Å². The van der Waals surface area contributed by atoms with Gasteiger partial charge in [-0.25, -0.2) is 0 Å². The molecular weight excluding hydrogens is 170 g/mol. The Kier molecular flexibility index (Phi) is 2.69. The molecule has 0 heterocycles. The van der Waals surface area contributed by atoms with Crippen LogP contribution in [0.5, 0.6) is 0 Å². The second-order valence-electron chi connectivity index (χ2n) is 2.66. The van der Waals surface area contributed by atoms with Gasteiger partial charge in [0, 0.05) is 17.5 Å². The van der Waals surface area contributed by atoms with Crippen LogP contribution in [0.25, 0.3) is 0 Å². The third-order valence-corrected chi connectivity index (χ3v) is 1.70. The van der Waals surface area contributed by atoms with Gasteiger partial charge in [-0.15, -0.1) is 0 Å². The van der Waals surface area contributed by atoms with E-state index in [1.165, 1.54) is 0 Å². The zero-order chi connectivity index (χ0) is 9.84. The van der Waals surface area contributed by atoms with Gasteiger partial charge in [-0.3, -0.25) is 10.1 Å². The molecule has 1 aromatic carbocycles. The number of nitrogens with zero attached hydrogens (tertiary/aromatic N) is 1. The van der Waals surface area contributed by atoms with E-state index < -0.39 is 0 Å². The summed E-state index contributed by atoms with van der Waals surface area (Å²) in [5.41, 5.74) is 7.55. The molecule has 0 atom stereocenters. The second-order valence-corrected chi connectivity index (χ2v) is 2.66. The number of hydrogen-bond donors (Lipinski definition) is 2. The van der Waals surface area contributed by atoms with Crippen LogP contribution < -0.4 is 11.1 Å². The number of nitrogens with two attached hydrogens (primary N) is 1. The highest BCUT2D eigenvalue weighted by Crippen LogP contribution is 2.19. The maximum Gasteiger partial charge on any atom is 0.229 e. The lowest BCUT2D eigenvalue weighted by Crippen LogP contribution is -2.01. The third-order valence-electron chi connectivity index (χ3n) is 1.70. The van der Waals surface area contributed by atoms with Gasteiger partial charge in [-0.1, -0.05) is 6.07 Å². The van der Waals surface area contributed by atoms with E-state index in [4.69, 9.17) is 5.73 Å². The van der Waals surface area contributed by atoms with E-state index in [0.717, 1.165) is 5.69 Å². The molecule has 0 radical (unpaired) electrons. The molecule has 13 heavy (non-hydrogen) atoms. The van der Waals surface area contributed by atoms with Crippen LogP contribution in [0.3, 0.4) is 0 Å². The van der Waals surface area contributed by atoms with Crippen LogP contribution in [0.1, 0.15) is 5.56 Å². The highest BCUT2D eigenvalue weighted by atomic mass is 16.6. The largest absolute Gasteiger partial charge is 0.397 e. The van der Waals surface area contributed by atoms with Crippen LogP contribution in [0.15, 0.2) is 18.2 Å². The highest BCUT2D eigenvalue weighted by molar-refractivity contribution is 5.66. The van der Waals surface area contributed by atoms with Crippen LogP contribution >= 0.6 is 0 Å². The van der Waals surface area contributed by atoms with Crippen LogP contribution in [0, 0.1) is 10.1 Å². The SMILES string of the molecule is CNc1ccc(C[N+](=O)[O-])cc1N. The topological polar surface area (TPSA) is 81.2 Å².